The third kappa shape index (κ3) is 1.84. The molecule has 1 fully saturated rings. The van der Waals surface area contributed by atoms with Gasteiger partial charge in [0.05, 0.1) is 5.69 Å². The van der Waals surface area contributed by atoms with Crippen LogP contribution in [0.15, 0.2) is 29.2 Å². The SMILES string of the molecule is SC1Sc2ccccc2N1C1CCCCC1. The van der Waals surface area contributed by atoms with Gasteiger partial charge in [-0.2, -0.15) is 0 Å². The maximum Gasteiger partial charge on any atom is 0.124 e. The summed E-state index contributed by atoms with van der Waals surface area (Å²) in [5, 5.41) is 0. The molecule has 16 heavy (non-hydrogen) atoms. The second-order valence-electron chi connectivity index (χ2n) is 4.61. The summed E-state index contributed by atoms with van der Waals surface area (Å²) in [5.74, 6) is 0. The van der Waals surface area contributed by atoms with E-state index >= 15 is 0 Å². The van der Waals surface area contributed by atoms with Gasteiger partial charge >= 0.3 is 0 Å². The standard InChI is InChI=1S/C13H17NS2/c15-13-14(10-6-2-1-3-7-10)11-8-4-5-9-12(11)16-13/h4-5,8-10,13,15H,1-3,6-7H2. The first-order chi connectivity index (χ1) is 7.86. The average molecular weight is 251 g/mol. The minimum atomic E-state index is 0.320. The van der Waals surface area contributed by atoms with Gasteiger partial charge in [0.1, 0.15) is 4.71 Å². The van der Waals surface area contributed by atoms with Crippen molar-refractivity contribution in [1.82, 2.24) is 0 Å². The van der Waals surface area contributed by atoms with Gasteiger partial charge in [-0.3, -0.25) is 0 Å². The van der Waals surface area contributed by atoms with Crippen LogP contribution in [-0.2, 0) is 0 Å². The smallest absolute Gasteiger partial charge is 0.124 e. The van der Waals surface area contributed by atoms with Crippen molar-refractivity contribution in [2.45, 2.75) is 47.7 Å². The van der Waals surface area contributed by atoms with E-state index in [1.807, 2.05) is 11.8 Å². The van der Waals surface area contributed by atoms with Gasteiger partial charge in [0, 0.05) is 10.9 Å². The van der Waals surface area contributed by atoms with Crippen LogP contribution < -0.4 is 4.90 Å². The monoisotopic (exact) mass is 251 g/mol. The quantitative estimate of drug-likeness (QED) is 0.747. The molecular formula is C13H17NS2. The molecule has 1 aromatic carbocycles. The van der Waals surface area contributed by atoms with Crippen molar-refractivity contribution < 1.29 is 0 Å². The van der Waals surface area contributed by atoms with Gasteiger partial charge < -0.3 is 4.90 Å². The lowest BCUT2D eigenvalue weighted by atomic mass is 9.94. The molecule has 0 bridgehead atoms. The molecule has 1 aliphatic carbocycles. The van der Waals surface area contributed by atoms with E-state index in [0.29, 0.717) is 10.7 Å². The lowest BCUT2D eigenvalue weighted by molar-refractivity contribution is 0.423. The second-order valence-corrected chi connectivity index (χ2v) is 6.57. The molecule has 1 unspecified atom stereocenters. The summed E-state index contributed by atoms with van der Waals surface area (Å²) in [4.78, 5) is 3.93. The van der Waals surface area contributed by atoms with E-state index in [-0.39, 0.29) is 0 Å². The zero-order chi connectivity index (χ0) is 11.0. The van der Waals surface area contributed by atoms with E-state index in [1.165, 1.54) is 42.7 Å². The van der Waals surface area contributed by atoms with Crippen molar-refractivity contribution in [1.29, 1.82) is 0 Å². The predicted octanol–water partition coefficient (Wildman–Crippen LogP) is 4.14. The maximum absolute atomic E-state index is 4.73. The van der Waals surface area contributed by atoms with E-state index in [1.54, 1.807) is 0 Å². The van der Waals surface area contributed by atoms with Crippen LogP contribution in [0.25, 0.3) is 0 Å². The molecular weight excluding hydrogens is 234 g/mol. The van der Waals surface area contributed by atoms with Crippen molar-refractivity contribution in [2.75, 3.05) is 4.90 Å². The molecule has 0 saturated heterocycles. The summed E-state index contributed by atoms with van der Waals surface area (Å²) in [6, 6.07) is 9.43. The number of rotatable bonds is 1. The molecule has 3 rings (SSSR count). The van der Waals surface area contributed by atoms with Gasteiger partial charge in [0.15, 0.2) is 0 Å². The van der Waals surface area contributed by atoms with Crippen LogP contribution in [0.5, 0.6) is 0 Å². The van der Waals surface area contributed by atoms with Crippen molar-refractivity contribution in [3.63, 3.8) is 0 Å². The predicted molar refractivity (Wildman–Crippen MR) is 74.4 cm³/mol. The van der Waals surface area contributed by atoms with Crippen LogP contribution in [0.4, 0.5) is 5.69 Å². The number of thioether (sulfide) groups is 1. The minimum Gasteiger partial charge on any atom is -0.347 e. The lowest BCUT2D eigenvalue weighted by Crippen LogP contribution is -2.38. The van der Waals surface area contributed by atoms with Gasteiger partial charge in [-0.1, -0.05) is 43.2 Å². The molecule has 86 valence electrons. The summed E-state index contributed by atoms with van der Waals surface area (Å²) in [6.07, 6.45) is 6.86. The Labute approximate surface area is 107 Å². The largest absolute Gasteiger partial charge is 0.347 e. The number of anilines is 1. The van der Waals surface area contributed by atoms with Crippen LogP contribution in [0.2, 0.25) is 0 Å². The number of nitrogens with zero attached hydrogens (tertiary/aromatic N) is 1. The highest BCUT2D eigenvalue weighted by atomic mass is 32.2. The summed E-state index contributed by atoms with van der Waals surface area (Å²) in [7, 11) is 0. The summed E-state index contributed by atoms with van der Waals surface area (Å²) in [5.41, 5.74) is 1.40. The zero-order valence-electron chi connectivity index (χ0n) is 9.30. The van der Waals surface area contributed by atoms with Crippen molar-refractivity contribution >= 4 is 30.1 Å². The molecule has 1 nitrogen and oxygen atoms in total. The van der Waals surface area contributed by atoms with Crippen LogP contribution in [-0.4, -0.2) is 10.7 Å². The first-order valence-corrected chi connectivity index (χ1v) is 7.48. The minimum absolute atomic E-state index is 0.320. The van der Waals surface area contributed by atoms with Crippen molar-refractivity contribution in [2.24, 2.45) is 0 Å². The number of hydrogen-bond acceptors (Lipinski definition) is 3. The highest BCUT2D eigenvalue weighted by molar-refractivity contribution is 8.11. The Morgan fingerprint density at radius 3 is 2.69 bits per heavy atom. The third-order valence-electron chi connectivity index (χ3n) is 3.58. The fraction of sp³-hybridized carbons (Fsp3) is 0.538. The topological polar surface area (TPSA) is 3.24 Å². The molecule has 1 heterocycles. The number of fused-ring (bicyclic) bond motifs is 1. The molecule has 1 aromatic rings. The van der Waals surface area contributed by atoms with Crippen molar-refractivity contribution in [3.8, 4) is 0 Å². The molecule has 0 N–H and O–H groups in total. The molecule has 1 atom stereocenters. The van der Waals surface area contributed by atoms with Crippen LogP contribution >= 0.6 is 24.4 Å². The van der Waals surface area contributed by atoms with Gasteiger partial charge in [-0.25, -0.2) is 0 Å². The first kappa shape index (κ1) is 10.8. The Balaban J connectivity index is 1.89. The lowest BCUT2D eigenvalue weighted by Gasteiger charge is -2.35. The summed E-state index contributed by atoms with van der Waals surface area (Å²) < 4.78 is 0.320. The normalized spacial score (nSPS) is 25.8. The highest BCUT2D eigenvalue weighted by Crippen LogP contribution is 2.47. The number of thiol groups is 1. The van der Waals surface area contributed by atoms with Gasteiger partial charge in [0.2, 0.25) is 0 Å². The number of benzene rings is 1. The van der Waals surface area contributed by atoms with Crippen LogP contribution in [0.3, 0.4) is 0 Å². The van der Waals surface area contributed by atoms with Gasteiger partial charge in [0.25, 0.3) is 0 Å². The van der Waals surface area contributed by atoms with E-state index in [4.69, 9.17) is 12.6 Å². The first-order valence-electron chi connectivity index (χ1n) is 6.08. The molecule has 1 aliphatic heterocycles. The van der Waals surface area contributed by atoms with Crippen molar-refractivity contribution in [3.05, 3.63) is 24.3 Å². The second kappa shape index (κ2) is 4.53. The summed E-state index contributed by atoms with van der Waals surface area (Å²) in [6.45, 7) is 0. The molecule has 0 amide bonds. The van der Waals surface area contributed by atoms with E-state index in [2.05, 4.69) is 29.2 Å². The van der Waals surface area contributed by atoms with Crippen LogP contribution in [0, 0.1) is 0 Å². The van der Waals surface area contributed by atoms with E-state index in [9.17, 15) is 0 Å². The van der Waals surface area contributed by atoms with Gasteiger partial charge in [-0.05, 0) is 25.0 Å². The molecule has 1 saturated carbocycles. The molecule has 0 spiro atoms. The Morgan fingerprint density at radius 2 is 1.88 bits per heavy atom. The Hall–Kier alpha value is -0.280. The molecule has 3 heteroatoms. The number of hydrogen-bond donors (Lipinski definition) is 1. The van der Waals surface area contributed by atoms with E-state index in [0.717, 1.165) is 0 Å². The molecule has 0 radical (unpaired) electrons. The fourth-order valence-corrected chi connectivity index (χ4v) is 4.53. The Bertz CT molecular complexity index is 374. The third-order valence-corrected chi connectivity index (χ3v) is 5.18. The zero-order valence-corrected chi connectivity index (χ0v) is 11.0. The fourth-order valence-electron chi connectivity index (χ4n) is 2.80. The average Bonchev–Trinajstić information content (AvgIpc) is 2.66. The Morgan fingerprint density at radius 1 is 1.12 bits per heavy atom. The Kier molecular flexibility index (Phi) is 3.07. The van der Waals surface area contributed by atoms with Crippen LogP contribution in [0.1, 0.15) is 32.1 Å². The number of para-hydroxylation sites is 1. The van der Waals surface area contributed by atoms with Gasteiger partial charge in [-0.15, -0.1) is 12.6 Å². The molecule has 0 aromatic heterocycles. The molecule has 2 aliphatic rings. The van der Waals surface area contributed by atoms with E-state index < -0.39 is 0 Å². The highest BCUT2D eigenvalue weighted by Gasteiger charge is 2.33. The summed E-state index contributed by atoms with van der Waals surface area (Å²) >= 11 is 6.61. The maximum atomic E-state index is 4.73.